The van der Waals surface area contributed by atoms with Crippen LogP contribution in [-0.2, 0) is 6.42 Å². The summed E-state index contributed by atoms with van der Waals surface area (Å²) in [5.41, 5.74) is 8.10. The van der Waals surface area contributed by atoms with Gasteiger partial charge in [-0.25, -0.2) is 0 Å². The molecule has 90 valence electrons. The lowest BCUT2D eigenvalue weighted by molar-refractivity contribution is 0.553. The quantitative estimate of drug-likeness (QED) is 0.642. The van der Waals surface area contributed by atoms with Crippen LogP contribution in [0, 0.1) is 13.8 Å². The number of hydrogen-bond donors (Lipinski definition) is 2. The molecule has 1 aromatic heterocycles. The molecule has 0 amide bonds. The molecule has 1 heterocycles. The minimum Gasteiger partial charge on any atom is -0.271 e. The van der Waals surface area contributed by atoms with Crippen molar-refractivity contribution < 1.29 is 0 Å². The van der Waals surface area contributed by atoms with Gasteiger partial charge in [-0.15, -0.1) is 0 Å². The average Bonchev–Trinajstić information content (AvgIpc) is 2.77. The molecule has 0 saturated carbocycles. The topological polar surface area (TPSA) is 38.0 Å². The summed E-state index contributed by atoms with van der Waals surface area (Å²) in [4.78, 5) is 0. The SMILES string of the molecule is Cc1cc(C)cc(CC(NN)c2ccsc2)c1. The molecule has 1 atom stereocenters. The summed E-state index contributed by atoms with van der Waals surface area (Å²) in [6.45, 7) is 4.26. The highest BCUT2D eigenvalue weighted by molar-refractivity contribution is 7.07. The number of benzene rings is 1. The smallest absolute Gasteiger partial charge is 0.0508 e. The van der Waals surface area contributed by atoms with Gasteiger partial charge < -0.3 is 0 Å². The Hall–Kier alpha value is -1.16. The van der Waals surface area contributed by atoms with Gasteiger partial charge in [-0.05, 0) is 48.2 Å². The predicted molar refractivity (Wildman–Crippen MR) is 74.0 cm³/mol. The summed E-state index contributed by atoms with van der Waals surface area (Å²) >= 11 is 1.70. The van der Waals surface area contributed by atoms with Crippen molar-refractivity contribution in [3.8, 4) is 0 Å². The lowest BCUT2D eigenvalue weighted by Crippen LogP contribution is -2.29. The highest BCUT2D eigenvalue weighted by atomic mass is 32.1. The van der Waals surface area contributed by atoms with Gasteiger partial charge in [0.1, 0.15) is 0 Å². The molecule has 17 heavy (non-hydrogen) atoms. The molecule has 0 aliphatic heterocycles. The van der Waals surface area contributed by atoms with E-state index < -0.39 is 0 Å². The predicted octanol–water partition coefficient (Wildman–Crippen LogP) is 3.11. The molecule has 2 rings (SSSR count). The highest BCUT2D eigenvalue weighted by Gasteiger charge is 2.11. The van der Waals surface area contributed by atoms with E-state index in [0.29, 0.717) is 0 Å². The van der Waals surface area contributed by atoms with Crippen molar-refractivity contribution in [2.24, 2.45) is 5.84 Å². The summed E-state index contributed by atoms with van der Waals surface area (Å²) in [6.07, 6.45) is 0.926. The monoisotopic (exact) mass is 246 g/mol. The molecule has 2 nitrogen and oxygen atoms in total. The van der Waals surface area contributed by atoms with Gasteiger partial charge in [-0.3, -0.25) is 11.3 Å². The Kier molecular flexibility index (Phi) is 3.94. The Bertz CT molecular complexity index is 457. The first-order chi connectivity index (χ1) is 8.19. The van der Waals surface area contributed by atoms with Gasteiger partial charge in [0.2, 0.25) is 0 Å². The van der Waals surface area contributed by atoms with Crippen molar-refractivity contribution >= 4 is 11.3 Å². The summed E-state index contributed by atoms with van der Waals surface area (Å²) in [6, 6.07) is 8.96. The van der Waals surface area contributed by atoms with E-state index in [0.717, 1.165) is 6.42 Å². The van der Waals surface area contributed by atoms with Crippen LogP contribution in [0.5, 0.6) is 0 Å². The van der Waals surface area contributed by atoms with Crippen LogP contribution in [0.2, 0.25) is 0 Å². The zero-order chi connectivity index (χ0) is 12.3. The molecule has 0 aliphatic rings. The van der Waals surface area contributed by atoms with Gasteiger partial charge >= 0.3 is 0 Å². The maximum Gasteiger partial charge on any atom is 0.0508 e. The van der Waals surface area contributed by atoms with Gasteiger partial charge in [0, 0.05) is 0 Å². The van der Waals surface area contributed by atoms with Crippen molar-refractivity contribution in [3.63, 3.8) is 0 Å². The molecular weight excluding hydrogens is 228 g/mol. The Labute approximate surface area is 106 Å². The number of rotatable bonds is 4. The second kappa shape index (κ2) is 5.45. The fourth-order valence-electron chi connectivity index (χ4n) is 2.17. The molecule has 0 bridgehead atoms. The molecular formula is C14H18N2S. The molecule has 3 N–H and O–H groups in total. The average molecular weight is 246 g/mol. The first-order valence-electron chi connectivity index (χ1n) is 5.74. The van der Waals surface area contributed by atoms with Crippen molar-refractivity contribution in [3.05, 3.63) is 57.3 Å². The molecule has 0 spiro atoms. The van der Waals surface area contributed by atoms with E-state index in [2.05, 4.69) is 54.3 Å². The summed E-state index contributed by atoms with van der Waals surface area (Å²) in [7, 11) is 0. The third-order valence-electron chi connectivity index (χ3n) is 2.87. The van der Waals surface area contributed by atoms with Crippen LogP contribution >= 0.6 is 11.3 Å². The second-order valence-electron chi connectivity index (χ2n) is 4.48. The number of nitrogens with two attached hydrogens (primary N) is 1. The Morgan fingerprint density at radius 3 is 2.47 bits per heavy atom. The van der Waals surface area contributed by atoms with Gasteiger partial charge in [0.25, 0.3) is 0 Å². The van der Waals surface area contributed by atoms with E-state index in [1.807, 2.05) is 0 Å². The molecule has 1 aromatic carbocycles. The van der Waals surface area contributed by atoms with Crippen molar-refractivity contribution in [2.45, 2.75) is 26.3 Å². The van der Waals surface area contributed by atoms with Crippen molar-refractivity contribution in [2.75, 3.05) is 0 Å². The number of hydrazine groups is 1. The molecule has 0 fully saturated rings. The lowest BCUT2D eigenvalue weighted by atomic mass is 9.98. The molecule has 0 saturated heterocycles. The second-order valence-corrected chi connectivity index (χ2v) is 5.26. The Balaban J connectivity index is 2.18. The molecule has 3 heteroatoms. The van der Waals surface area contributed by atoms with Crippen molar-refractivity contribution in [1.82, 2.24) is 5.43 Å². The zero-order valence-corrected chi connectivity index (χ0v) is 11.1. The summed E-state index contributed by atoms with van der Waals surface area (Å²) in [5.74, 6) is 5.64. The van der Waals surface area contributed by atoms with Gasteiger partial charge in [0.05, 0.1) is 6.04 Å². The first kappa shape index (κ1) is 12.3. The molecule has 0 aliphatic carbocycles. The van der Waals surface area contributed by atoms with E-state index >= 15 is 0 Å². The Morgan fingerprint density at radius 2 is 1.94 bits per heavy atom. The number of nitrogens with one attached hydrogen (secondary N) is 1. The Morgan fingerprint density at radius 1 is 1.24 bits per heavy atom. The van der Waals surface area contributed by atoms with Crippen LogP contribution < -0.4 is 11.3 Å². The van der Waals surface area contributed by atoms with Gasteiger partial charge in [-0.1, -0.05) is 29.3 Å². The third kappa shape index (κ3) is 3.16. The maximum absolute atomic E-state index is 5.64. The van der Waals surface area contributed by atoms with Crippen LogP contribution in [0.3, 0.4) is 0 Å². The highest BCUT2D eigenvalue weighted by Crippen LogP contribution is 2.21. The van der Waals surface area contributed by atoms with E-state index in [-0.39, 0.29) is 6.04 Å². The van der Waals surface area contributed by atoms with Gasteiger partial charge in [0.15, 0.2) is 0 Å². The molecule has 1 unspecified atom stereocenters. The fraction of sp³-hybridized carbons (Fsp3) is 0.286. The standard InChI is InChI=1S/C14H18N2S/c1-10-5-11(2)7-12(6-10)8-14(16-15)13-3-4-17-9-13/h3-7,9,14,16H,8,15H2,1-2H3. The van der Waals surface area contributed by atoms with Crippen LogP contribution in [0.25, 0.3) is 0 Å². The fourth-order valence-corrected chi connectivity index (χ4v) is 2.88. The summed E-state index contributed by atoms with van der Waals surface area (Å²) < 4.78 is 0. The van der Waals surface area contributed by atoms with Crippen LogP contribution in [0.1, 0.15) is 28.3 Å². The number of thiophene rings is 1. The number of aryl methyl sites for hydroxylation is 2. The van der Waals surface area contributed by atoms with E-state index in [1.165, 1.54) is 22.3 Å². The van der Waals surface area contributed by atoms with Gasteiger partial charge in [-0.2, -0.15) is 11.3 Å². The summed E-state index contributed by atoms with van der Waals surface area (Å²) in [5, 5.41) is 4.23. The van der Waals surface area contributed by atoms with Crippen LogP contribution in [-0.4, -0.2) is 0 Å². The minimum absolute atomic E-state index is 0.197. The van der Waals surface area contributed by atoms with E-state index in [4.69, 9.17) is 5.84 Å². The zero-order valence-electron chi connectivity index (χ0n) is 10.2. The minimum atomic E-state index is 0.197. The van der Waals surface area contributed by atoms with E-state index in [1.54, 1.807) is 11.3 Å². The van der Waals surface area contributed by atoms with Crippen molar-refractivity contribution in [1.29, 1.82) is 0 Å². The largest absolute Gasteiger partial charge is 0.271 e. The van der Waals surface area contributed by atoms with Crippen LogP contribution in [0.4, 0.5) is 0 Å². The van der Waals surface area contributed by atoms with E-state index in [9.17, 15) is 0 Å². The maximum atomic E-state index is 5.64. The molecule has 2 aromatic rings. The first-order valence-corrected chi connectivity index (χ1v) is 6.68. The normalized spacial score (nSPS) is 12.6. The third-order valence-corrected chi connectivity index (χ3v) is 3.57. The number of hydrogen-bond acceptors (Lipinski definition) is 3. The molecule has 0 radical (unpaired) electrons. The van der Waals surface area contributed by atoms with Crippen LogP contribution in [0.15, 0.2) is 35.0 Å². The lowest BCUT2D eigenvalue weighted by Gasteiger charge is -2.15.